The highest BCUT2D eigenvalue weighted by Gasteiger charge is 2.39. The molecule has 1 saturated carbocycles. The zero-order chi connectivity index (χ0) is 19.0. The standard InChI is InChI=1S/C18H22N4O4S/c1-27(24,25)10-15-19-18(26-22-15)21-17(23)20-16-13-6-7-14(16)9-12-5-3-2-4-11(12)8-13/h2-5,13-14,16H,6-10H2,1H3,(H2,19,20,21,22,23). The molecule has 9 heteroatoms. The van der Waals surface area contributed by atoms with Crippen molar-refractivity contribution in [3.8, 4) is 0 Å². The molecular formula is C18H22N4O4S. The van der Waals surface area contributed by atoms with Crippen LogP contribution >= 0.6 is 0 Å². The summed E-state index contributed by atoms with van der Waals surface area (Å²) in [4.78, 5) is 16.3. The number of benzene rings is 1. The maximum absolute atomic E-state index is 12.4. The molecule has 2 aliphatic rings. The largest absolute Gasteiger partial charge is 0.334 e. The second kappa shape index (κ2) is 6.95. The van der Waals surface area contributed by atoms with Crippen molar-refractivity contribution in [3.63, 3.8) is 0 Å². The van der Waals surface area contributed by atoms with Gasteiger partial charge in [0.1, 0.15) is 5.75 Å². The van der Waals surface area contributed by atoms with Crippen LogP contribution in [0.5, 0.6) is 0 Å². The zero-order valence-electron chi connectivity index (χ0n) is 15.0. The molecule has 2 aromatic rings. The Bertz CT molecular complexity index is 923. The fraction of sp³-hybridized carbons (Fsp3) is 0.500. The van der Waals surface area contributed by atoms with Gasteiger partial charge in [-0.25, -0.2) is 13.2 Å². The van der Waals surface area contributed by atoms with Gasteiger partial charge in [0.15, 0.2) is 15.7 Å². The molecule has 1 aromatic carbocycles. The molecule has 0 radical (unpaired) electrons. The van der Waals surface area contributed by atoms with Crippen LogP contribution in [0, 0.1) is 11.8 Å². The lowest BCUT2D eigenvalue weighted by Gasteiger charge is -2.23. The molecule has 1 aromatic heterocycles. The van der Waals surface area contributed by atoms with Gasteiger partial charge >= 0.3 is 12.0 Å². The predicted octanol–water partition coefficient (Wildman–Crippen LogP) is 1.93. The molecule has 0 saturated heterocycles. The van der Waals surface area contributed by atoms with E-state index in [4.69, 9.17) is 4.52 Å². The molecule has 1 fully saturated rings. The smallest absolute Gasteiger partial charge is 0.329 e. The van der Waals surface area contributed by atoms with Gasteiger partial charge in [-0.05, 0) is 48.6 Å². The number of carbonyl (C=O) groups excluding carboxylic acids is 1. The normalized spacial score (nSPS) is 24.1. The first-order valence-corrected chi connectivity index (χ1v) is 11.1. The molecule has 4 rings (SSSR count). The van der Waals surface area contributed by atoms with Crippen molar-refractivity contribution in [1.29, 1.82) is 0 Å². The Labute approximate surface area is 157 Å². The van der Waals surface area contributed by atoms with E-state index < -0.39 is 15.9 Å². The molecule has 2 bridgehead atoms. The Morgan fingerprint density at radius 2 is 1.81 bits per heavy atom. The molecule has 144 valence electrons. The van der Waals surface area contributed by atoms with Crippen LogP contribution in [-0.2, 0) is 28.4 Å². The van der Waals surface area contributed by atoms with Crippen molar-refractivity contribution >= 4 is 21.9 Å². The van der Waals surface area contributed by atoms with Gasteiger partial charge in [0.05, 0.1) is 0 Å². The van der Waals surface area contributed by atoms with E-state index in [-0.39, 0.29) is 23.6 Å². The Morgan fingerprint density at radius 1 is 1.19 bits per heavy atom. The Balaban J connectivity index is 1.40. The van der Waals surface area contributed by atoms with E-state index in [2.05, 4.69) is 45.0 Å². The predicted molar refractivity (Wildman–Crippen MR) is 98.9 cm³/mol. The van der Waals surface area contributed by atoms with E-state index in [9.17, 15) is 13.2 Å². The molecule has 2 atom stereocenters. The number of fused-ring (bicyclic) bond motifs is 3. The van der Waals surface area contributed by atoms with E-state index in [1.54, 1.807) is 0 Å². The molecule has 2 N–H and O–H groups in total. The molecule has 2 aliphatic carbocycles. The Kier molecular flexibility index (Phi) is 4.63. The average molecular weight is 390 g/mol. The average Bonchev–Trinajstić information content (AvgIpc) is 3.10. The second-order valence-electron chi connectivity index (χ2n) is 7.48. The van der Waals surface area contributed by atoms with Crippen LogP contribution in [0.2, 0.25) is 0 Å². The third-order valence-electron chi connectivity index (χ3n) is 5.38. The number of carbonyl (C=O) groups is 1. The van der Waals surface area contributed by atoms with Crippen LogP contribution in [-0.4, -0.2) is 36.9 Å². The minimum atomic E-state index is -3.26. The van der Waals surface area contributed by atoms with Gasteiger partial charge in [-0.3, -0.25) is 5.32 Å². The minimum absolute atomic E-state index is 0.0257. The highest BCUT2D eigenvalue weighted by molar-refractivity contribution is 7.89. The van der Waals surface area contributed by atoms with Crippen molar-refractivity contribution in [3.05, 3.63) is 41.2 Å². The number of nitrogens with one attached hydrogen (secondary N) is 2. The molecular weight excluding hydrogens is 368 g/mol. The zero-order valence-corrected chi connectivity index (χ0v) is 15.8. The third-order valence-corrected chi connectivity index (χ3v) is 6.17. The number of aromatic nitrogens is 2. The van der Waals surface area contributed by atoms with Crippen LogP contribution in [0.3, 0.4) is 0 Å². The van der Waals surface area contributed by atoms with E-state index >= 15 is 0 Å². The summed E-state index contributed by atoms with van der Waals surface area (Å²) in [6, 6.07) is 8.07. The van der Waals surface area contributed by atoms with Gasteiger partial charge in [0.2, 0.25) is 0 Å². The molecule has 8 nitrogen and oxygen atoms in total. The van der Waals surface area contributed by atoms with E-state index in [0.717, 1.165) is 31.9 Å². The second-order valence-corrected chi connectivity index (χ2v) is 9.62. The van der Waals surface area contributed by atoms with Gasteiger partial charge in [-0.1, -0.05) is 29.4 Å². The summed E-state index contributed by atoms with van der Waals surface area (Å²) in [5, 5.41) is 9.16. The Hall–Kier alpha value is -2.42. The summed E-state index contributed by atoms with van der Waals surface area (Å²) >= 11 is 0. The van der Waals surface area contributed by atoms with Crippen LogP contribution in [0.25, 0.3) is 0 Å². The van der Waals surface area contributed by atoms with Crippen LogP contribution in [0.15, 0.2) is 28.8 Å². The lowest BCUT2D eigenvalue weighted by molar-refractivity contribution is 0.239. The number of urea groups is 1. The molecule has 0 spiro atoms. The summed E-state index contributed by atoms with van der Waals surface area (Å²) in [6.45, 7) is 0. The topological polar surface area (TPSA) is 114 Å². The summed E-state index contributed by atoms with van der Waals surface area (Å²) in [6.07, 6.45) is 5.22. The highest BCUT2D eigenvalue weighted by atomic mass is 32.2. The van der Waals surface area contributed by atoms with Crippen molar-refractivity contribution in [1.82, 2.24) is 15.5 Å². The first-order chi connectivity index (χ1) is 12.9. The fourth-order valence-corrected chi connectivity index (χ4v) is 4.86. The lowest BCUT2D eigenvalue weighted by atomic mass is 9.94. The maximum Gasteiger partial charge on any atom is 0.329 e. The number of rotatable bonds is 4. The van der Waals surface area contributed by atoms with Gasteiger partial charge in [0.25, 0.3) is 0 Å². The number of hydrogen-bond acceptors (Lipinski definition) is 6. The van der Waals surface area contributed by atoms with E-state index in [0.29, 0.717) is 11.8 Å². The van der Waals surface area contributed by atoms with Crippen molar-refractivity contribution in [2.75, 3.05) is 11.6 Å². The van der Waals surface area contributed by atoms with Gasteiger partial charge in [0, 0.05) is 12.3 Å². The number of sulfone groups is 1. The first-order valence-electron chi connectivity index (χ1n) is 9.02. The van der Waals surface area contributed by atoms with E-state index in [1.807, 2.05) is 0 Å². The number of anilines is 1. The number of nitrogens with zero attached hydrogens (tertiary/aromatic N) is 2. The number of hydrogen-bond donors (Lipinski definition) is 2. The monoisotopic (exact) mass is 390 g/mol. The van der Waals surface area contributed by atoms with Crippen LogP contribution < -0.4 is 10.6 Å². The Morgan fingerprint density at radius 3 is 2.41 bits per heavy atom. The summed E-state index contributed by atoms with van der Waals surface area (Å²) in [7, 11) is -3.26. The SMILES string of the molecule is CS(=O)(=O)Cc1noc(NC(=O)NC2C3CCC2Cc2ccccc2C3)n1. The van der Waals surface area contributed by atoms with Crippen LogP contribution in [0.4, 0.5) is 10.8 Å². The molecule has 1 heterocycles. The molecule has 2 amide bonds. The van der Waals surface area contributed by atoms with Gasteiger partial charge in [-0.2, -0.15) is 4.98 Å². The van der Waals surface area contributed by atoms with Crippen molar-refractivity contribution in [2.45, 2.75) is 37.5 Å². The quantitative estimate of drug-likeness (QED) is 0.824. The minimum Gasteiger partial charge on any atom is -0.334 e. The molecule has 2 unspecified atom stereocenters. The van der Waals surface area contributed by atoms with Crippen LogP contribution in [0.1, 0.15) is 29.8 Å². The highest BCUT2D eigenvalue weighted by Crippen LogP contribution is 2.40. The number of amides is 2. The van der Waals surface area contributed by atoms with Gasteiger partial charge < -0.3 is 9.84 Å². The maximum atomic E-state index is 12.4. The van der Waals surface area contributed by atoms with Crippen molar-refractivity contribution < 1.29 is 17.7 Å². The summed E-state index contributed by atoms with van der Waals surface area (Å²) < 4.78 is 27.5. The lowest BCUT2D eigenvalue weighted by Crippen LogP contribution is -2.44. The van der Waals surface area contributed by atoms with Gasteiger partial charge in [-0.15, -0.1) is 0 Å². The first kappa shape index (κ1) is 18.0. The molecule has 27 heavy (non-hydrogen) atoms. The van der Waals surface area contributed by atoms with Crippen molar-refractivity contribution in [2.24, 2.45) is 11.8 Å². The van der Waals surface area contributed by atoms with E-state index in [1.165, 1.54) is 11.1 Å². The fourth-order valence-electron chi connectivity index (χ4n) is 4.27. The summed E-state index contributed by atoms with van der Waals surface area (Å²) in [5.41, 5.74) is 2.75. The summed E-state index contributed by atoms with van der Waals surface area (Å²) in [5.74, 6) is 0.517. The third kappa shape index (κ3) is 4.13. The molecule has 0 aliphatic heterocycles.